The Morgan fingerprint density at radius 3 is 2.52 bits per heavy atom. The second-order valence-electron chi connectivity index (χ2n) is 18.9. The topological polar surface area (TPSA) is 167 Å². The largest absolute Gasteiger partial charge is 0.491 e. The van der Waals surface area contributed by atoms with Crippen LogP contribution in [-0.2, 0) is 14.8 Å². The molecule has 0 radical (unpaired) electrons. The highest BCUT2D eigenvalue weighted by Crippen LogP contribution is 2.43. The lowest BCUT2D eigenvalue weighted by Crippen LogP contribution is -2.52. The number of fused-ring (bicyclic) bond motifs is 2. The summed E-state index contributed by atoms with van der Waals surface area (Å²) in [5, 5.41) is 7.91. The molecule has 1 aliphatic carbocycles. The van der Waals surface area contributed by atoms with Gasteiger partial charge in [-0.05, 0) is 134 Å². The SMILES string of the molecule is CC1(C)CCC(CN2CCN(c3ccc(C(=O)NS(=O)(=O)c4ccc(OCC5CCN(C6COC6)CC5)c(N=O)c4)c(-n4[nH]cc5nc6nccc6cc54)c3)CC2)=C(c2ccc(Cl)cc2)C1. The number of carbonyl (C=O) groups is 1. The average molecular weight is 933 g/mol. The van der Waals surface area contributed by atoms with Gasteiger partial charge in [0.25, 0.3) is 15.9 Å². The van der Waals surface area contributed by atoms with Crippen molar-refractivity contribution in [3.05, 3.63) is 112 Å². The second kappa shape index (κ2) is 18.2. The first kappa shape index (κ1) is 44.2. The standard InChI is InChI=1S/C49H54ClN9O6S/c1-49(2)15-11-35(41(26-49)33-3-5-36(50)6-4-33)28-56-19-21-58(22-20-56)37-7-9-40(44(24-37)59-45-23-34-12-16-51-47(34)53-43(45)27-52-59)48(60)55-66(62,63)39-8-10-46(42(25-39)54-61)65-29-32-13-17-57(18-14-32)38-30-64-31-38/h3-10,12,16,23-25,27,32,38,52H,11,13-15,17-22,26,28-31H2,1-2H3,(H,55,60). The van der Waals surface area contributed by atoms with Crippen molar-refractivity contribution in [2.24, 2.45) is 16.5 Å². The maximum atomic E-state index is 14.3. The molecule has 3 fully saturated rings. The minimum absolute atomic E-state index is 0.113. The molecule has 10 rings (SSSR count). The number of aromatic nitrogens is 4. The van der Waals surface area contributed by atoms with Crippen molar-refractivity contribution in [3.63, 3.8) is 0 Å². The van der Waals surface area contributed by atoms with E-state index in [0.717, 1.165) is 113 Å². The summed E-state index contributed by atoms with van der Waals surface area (Å²) in [6, 6.07) is 21.9. The van der Waals surface area contributed by atoms with Crippen LogP contribution >= 0.6 is 11.6 Å². The highest BCUT2D eigenvalue weighted by molar-refractivity contribution is 7.90. The van der Waals surface area contributed by atoms with Crippen LogP contribution in [0.3, 0.4) is 0 Å². The Morgan fingerprint density at radius 1 is 0.985 bits per heavy atom. The molecule has 344 valence electrons. The Kier molecular flexibility index (Phi) is 12.2. The van der Waals surface area contributed by atoms with Crippen LogP contribution in [0, 0.1) is 16.2 Å². The number of hydrogen-bond acceptors (Lipinski definition) is 12. The van der Waals surface area contributed by atoms with Gasteiger partial charge in [0.2, 0.25) is 0 Å². The highest BCUT2D eigenvalue weighted by Gasteiger charge is 2.32. The van der Waals surface area contributed by atoms with Gasteiger partial charge in [0.1, 0.15) is 11.3 Å². The van der Waals surface area contributed by atoms with Crippen LogP contribution in [-0.4, -0.2) is 116 Å². The molecule has 1 amide bonds. The van der Waals surface area contributed by atoms with Crippen molar-refractivity contribution in [2.45, 2.75) is 56.9 Å². The molecule has 4 aliphatic rings. The second-order valence-corrected chi connectivity index (χ2v) is 21.0. The molecular weight excluding hydrogens is 878 g/mol. The Hall–Kier alpha value is -5.65. The van der Waals surface area contributed by atoms with E-state index in [2.05, 4.69) is 60.7 Å². The first-order valence-corrected chi connectivity index (χ1v) is 24.7. The Bertz CT molecular complexity index is 2930. The van der Waals surface area contributed by atoms with Crippen LogP contribution < -0.4 is 14.4 Å². The van der Waals surface area contributed by atoms with Gasteiger partial charge in [-0.2, -0.15) is 0 Å². The number of aromatic amines is 1. The number of amides is 1. The number of nitrogens with one attached hydrogen (secondary N) is 2. The maximum absolute atomic E-state index is 14.3. The number of piperidine rings is 1. The van der Waals surface area contributed by atoms with Crippen molar-refractivity contribution >= 4 is 66.5 Å². The summed E-state index contributed by atoms with van der Waals surface area (Å²) < 4.78 is 43.2. The Labute approximate surface area is 389 Å². The van der Waals surface area contributed by atoms with Crippen molar-refractivity contribution in [1.29, 1.82) is 0 Å². The van der Waals surface area contributed by atoms with Crippen LogP contribution in [0.5, 0.6) is 5.75 Å². The van der Waals surface area contributed by atoms with Gasteiger partial charge in [0, 0.05) is 61.2 Å². The van der Waals surface area contributed by atoms with Gasteiger partial charge in [-0.3, -0.25) is 24.4 Å². The van der Waals surface area contributed by atoms with Gasteiger partial charge in [-0.15, -0.1) is 4.91 Å². The number of H-pyrrole nitrogens is 1. The molecule has 0 bridgehead atoms. The number of likely N-dealkylation sites (tertiary alicyclic amines) is 1. The summed E-state index contributed by atoms with van der Waals surface area (Å²) in [6.07, 6.45) is 8.56. The van der Waals surface area contributed by atoms with E-state index in [1.54, 1.807) is 23.1 Å². The number of carbonyl (C=O) groups excluding carboxylic acids is 1. The molecule has 6 aromatic rings. The van der Waals surface area contributed by atoms with Crippen molar-refractivity contribution in [1.82, 2.24) is 34.3 Å². The van der Waals surface area contributed by atoms with Crippen LogP contribution in [0.2, 0.25) is 5.02 Å². The number of benzene rings is 3. The van der Waals surface area contributed by atoms with Gasteiger partial charge in [0.05, 0.1) is 47.5 Å². The van der Waals surface area contributed by atoms with Crippen LogP contribution in [0.25, 0.3) is 33.3 Å². The predicted octanol–water partition coefficient (Wildman–Crippen LogP) is 8.35. The number of nitroso groups, excluding NO2 is 1. The fourth-order valence-corrected chi connectivity index (χ4v) is 10.9. The van der Waals surface area contributed by atoms with E-state index in [1.165, 1.54) is 28.8 Å². The van der Waals surface area contributed by atoms with E-state index >= 15 is 0 Å². The summed E-state index contributed by atoms with van der Waals surface area (Å²) in [4.78, 5) is 42.3. The molecule has 66 heavy (non-hydrogen) atoms. The zero-order valence-corrected chi connectivity index (χ0v) is 38.8. The van der Waals surface area contributed by atoms with Crippen molar-refractivity contribution in [2.75, 3.05) is 70.5 Å². The third-order valence-electron chi connectivity index (χ3n) is 13.9. The number of piperazine rings is 1. The zero-order valence-electron chi connectivity index (χ0n) is 37.2. The van der Waals surface area contributed by atoms with Gasteiger partial charge < -0.3 is 14.4 Å². The van der Waals surface area contributed by atoms with Crippen LogP contribution in [0.4, 0.5) is 11.4 Å². The summed E-state index contributed by atoms with van der Waals surface area (Å²) in [7, 11) is -4.47. The molecule has 3 aliphatic heterocycles. The smallest absolute Gasteiger partial charge is 0.267 e. The maximum Gasteiger partial charge on any atom is 0.267 e. The molecule has 3 aromatic heterocycles. The normalized spacial score (nSPS) is 19.0. The van der Waals surface area contributed by atoms with E-state index in [1.807, 2.05) is 36.4 Å². The summed E-state index contributed by atoms with van der Waals surface area (Å²) >= 11 is 6.27. The lowest BCUT2D eigenvalue weighted by Gasteiger charge is -2.41. The molecule has 6 heterocycles. The van der Waals surface area contributed by atoms with Crippen molar-refractivity contribution in [3.8, 4) is 11.4 Å². The lowest BCUT2D eigenvalue weighted by atomic mass is 9.72. The number of rotatable bonds is 13. The fourth-order valence-electron chi connectivity index (χ4n) is 9.83. The average Bonchev–Trinajstić information content (AvgIpc) is 3.94. The lowest BCUT2D eigenvalue weighted by molar-refractivity contribution is -0.0750. The third-order valence-corrected chi connectivity index (χ3v) is 15.5. The number of pyridine rings is 1. The number of sulfonamides is 1. The monoisotopic (exact) mass is 931 g/mol. The number of ether oxygens (including phenoxy) is 2. The van der Waals surface area contributed by atoms with Crippen LogP contribution in [0.1, 0.15) is 61.9 Å². The van der Waals surface area contributed by atoms with Crippen molar-refractivity contribution < 1.29 is 22.7 Å². The first-order valence-electron chi connectivity index (χ1n) is 22.8. The zero-order chi connectivity index (χ0) is 45.6. The number of hydrogen-bond donors (Lipinski definition) is 2. The molecule has 2 N–H and O–H groups in total. The first-order chi connectivity index (χ1) is 31.9. The van der Waals surface area contributed by atoms with E-state index in [-0.39, 0.29) is 27.3 Å². The van der Waals surface area contributed by atoms with E-state index in [0.29, 0.717) is 40.9 Å². The Balaban J connectivity index is 0.873. The molecule has 0 spiro atoms. The van der Waals surface area contributed by atoms with Gasteiger partial charge in [0.15, 0.2) is 11.3 Å². The summed E-state index contributed by atoms with van der Waals surface area (Å²) in [5.41, 5.74) is 7.58. The van der Waals surface area contributed by atoms with Gasteiger partial charge in [-0.1, -0.05) is 43.2 Å². The molecule has 0 saturated carbocycles. The van der Waals surface area contributed by atoms with Gasteiger partial charge in [-0.25, -0.2) is 23.1 Å². The number of halogens is 1. The number of allylic oxidation sites excluding steroid dienone is 1. The number of anilines is 1. The highest BCUT2D eigenvalue weighted by atomic mass is 35.5. The minimum Gasteiger partial charge on any atom is -0.491 e. The molecule has 0 unspecified atom stereocenters. The van der Waals surface area contributed by atoms with Gasteiger partial charge >= 0.3 is 0 Å². The van der Waals surface area contributed by atoms with Crippen LogP contribution in [0.15, 0.2) is 101 Å². The Morgan fingerprint density at radius 2 is 1.77 bits per heavy atom. The summed E-state index contributed by atoms with van der Waals surface area (Å²) in [6.45, 7) is 12.6. The molecular formula is C49H54ClN9O6S. The van der Waals surface area contributed by atoms with E-state index in [4.69, 9.17) is 26.1 Å². The third kappa shape index (κ3) is 9.21. The molecule has 15 nitrogen and oxygen atoms in total. The summed E-state index contributed by atoms with van der Waals surface area (Å²) in [5.74, 6) is -0.361. The number of nitrogens with zero attached hydrogens (tertiary/aromatic N) is 7. The van der Waals surface area contributed by atoms with E-state index in [9.17, 15) is 18.1 Å². The molecule has 17 heteroatoms. The quantitative estimate of drug-likeness (QED) is 0.107. The predicted molar refractivity (Wildman–Crippen MR) is 256 cm³/mol. The molecule has 3 aromatic carbocycles. The molecule has 3 saturated heterocycles. The molecule has 0 atom stereocenters. The fraction of sp³-hybridized carbons (Fsp3) is 0.408. The minimum atomic E-state index is -4.47. The van der Waals surface area contributed by atoms with E-state index < -0.39 is 15.9 Å².